The molecule has 2 N–H and O–H groups in total. The summed E-state index contributed by atoms with van der Waals surface area (Å²) in [6.07, 6.45) is 0. The lowest BCUT2D eigenvalue weighted by Crippen LogP contribution is -2.47. The van der Waals surface area contributed by atoms with E-state index in [1.54, 1.807) is 14.2 Å². The largest absolute Gasteiger partial charge is 0.496 e. The van der Waals surface area contributed by atoms with Crippen LogP contribution in [-0.4, -0.2) is 33.9 Å². The van der Waals surface area contributed by atoms with Gasteiger partial charge in [0.1, 0.15) is 11.5 Å². The van der Waals surface area contributed by atoms with Gasteiger partial charge in [0.25, 0.3) is 0 Å². The van der Waals surface area contributed by atoms with E-state index in [0.29, 0.717) is 0 Å². The van der Waals surface area contributed by atoms with E-state index in [0.717, 1.165) is 60.3 Å². The molecule has 1 heterocycles. The highest BCUT2D eigenvalue weighted by Crippen LogP contribution is 2.33. The van der Waals surface area contributed by atoms with Crippen LogP contribution < -0.4 is 20.1 Å². The van der Waals surface area contributed by atoms with Crippen molar-refractivity contribution in [3.8, 4) is 11.5 Å². The van der Waals surface area contributed by atoms with E-state index in [1.807, 2.05) is 0 Å². The van der Waals surface area contributed by atoms with Gasteiger partial charge in [-0.3, -0.25) is 0 Å². The Morgan fingerprint density at radius 3 is 2.47 bits per heavy atom. The van der Waals surface area contributed by atoms with Crippen LogP contribution in [0.1, 0.15) is 16.7 Å². The van der Waals surface area contributed by atoms with Crippen molar-refractivity contribution in [3.63, 3.8) is 0 Å². The van der Waals surface area contributed by atoms with Crippen LogP contribution in [0.3, 0.4) is 0 Å². The molecular formula is C15H24N2O2. The number of hydrogen-bond acceptors (Lipinski definition) is 4. The molecule has 4 nitrogen and oxygen atoms in total. The fourth-order valence-corrected chi connectivity index (χ4v) is 2.46. The molecule has 0 atom stereocenters. The SMILES string of the molecule is COc1cc(CNCC2CNC2)c(OC)c(C)c1C. The van der Waals surface area contributed by atoms with Crippen LogP contribution in [0.25, 0.3) is 0 Å². The van der Waals surface area contributed by atoms with Crippen LogP contribution >= 0.6 is 0 Å². The van der Waals surface area contributed by atoms with E-state index in [4.69, 9.17) is 9.47 Å². The number of ether oxygens (including phenoxy) is 2. The zero-order valence-corrected chi connectivity index (χ0v) is 12.3. The lowest BCUT2D eigenvalue weighted by molar-refractivity contribution is 0.329. The Morgan fingerprint density at radius 2 is 1.95 bits per heavy atom. The fraction of sp³-hybridized carbons (Fsp3) is 0.600. The van der Waals surface area contributed by atoms with Crippen molar-refractivity contribution < 1.29 is 9.47 Å². The van der Waals surface area contributed by atoms with Crippen LogP contribution in [0.2, 0.25) is 0 Å². The topological polar surface area (TPSA) is 42.5 Å². The van der Waals surface area contributed by atoms with Gasteiger partial charge in [-0.05, 0) is 37.0 Å². The number of nitrogens with one attached hydrogen (secondary N) is 2. The Bertz CT molecular complexity index is 442. The fourth-order valence-electron chi connectivity index (χ4n) is 2.46. The van der Waals surface area contributed by atoms with Crippen molar-refractivity contribution in [2.45, 2.75) is 20.4 Å². The minimum Gasteiger partial charge on any atom is -0.496 e. The Morgan fingerprint density at radius 1 is 1.21 bits per heavy atom. The van der Waals surface area contributed by atoms with E-state index in [9.17, 15) is 0 Å². The molecule has 0 unspecified atom stereocenters. The molecular weight excluding hydrogens is 240 g/mol. The van der Waals surface area contributed by atoms with Crippen molar-refractivity contribution in [1.29, 1.82) is 0 Å². The van der Waals surface area contributed by atoms with Crippen molar-refractivity contribution in [1.82, 2.24) is 10.6 Å². The van der Waals surface area contributed by atoms with Crippen LogP contribution in [-0.2, 0) is 6.54 Å². The normalized spacial score (nSPS) is 15.2. The standard InChI is InChI=1S/C15H24N2O2/c1-10-11(2)15(19-4)13(5-14(10)18-3)9-17-8-12-6-16-7-12/h5,12,16-17H,6-9H2,1-4H3. The summed E-state index contributed by atoms with van der Waals surface area (Å²) in [4.78, 5) is 0. The quantitative estimate of drug-likeness (QED) is 0.819. The first-order valence-corrected chi connectivity index (χ1v) is 6.79. The number of hydrogen-bond donors (Lipinski definition) is 2. The summed E-state index contributed by atoms with van der Waals surface area (Å²) < 4.78 is 11.0. The second-order valence-corrected chi connectivity index (χ2v) is 5.18. The van der Waals surface area contributed by atoms with Gasteiger partial charge in [0.05, 0.1) is 14.2 Å². The van der Waals surface area contributed by atoms with Gasteiger partial charge in [0.15, 0.2) is 0 Å². The van der Waals surface area contributed by atoms with E-state index >= 15 is 0 Å². The molecule has 1 aromatic rings. The summed E-state index contributed by atoms with van der Waals surface area (Å²) in [7, 11) is 3.44. The van der Waals surface area contributed by atoms with Gasteiger partial charge in [-0.2, -0.15) is 0 Å². The van der Waals surface area contributed by atoms with Gasteiger partial charge in [-0.25, -0.2) is 0 Å². The minimum absolute atomic E-state index is 0.763. The lowest BCUT2D eigenvalue weighted by Gasteiger charge is -2.27. The molecule has 106 valence electrons. The third-order valence-electron chi connectivity index (χ3n) is 3.91. The van der Waals surface area contributed by atoms with Crippen molar-refractivity contribution in [2.75, 3.05) is 33.9 Å². The van der Waals surface area contributed by atoms with Crippen LogP contribution in [0.15, 0.2) is 6.07 Å². The smallest absolute Gasteiger partial charge is 0.126 e. The summed E-state index contributed by atoms with van der Waals surface area (Å²) >= 11 is 0. The van der Waals surface area contributed by atoms with Gasteiger partial charge in [0, 0.05) is 31.7 Å². The molecule has 1 aliphatic heterocycles. The maximum absolute atomic E-state index is 5.55. The van der Waals surface area contributed by atoms with Crippen LogP contribution in [0, 0.1) is 19.8 Å². The molecule has 0 aliphatic carbocycles. The highest BCUT2D eigenvalue weighted by atomic mass is 16.5. The lowest BCUT2D eigenvalue weighted by atomic mass is 10.0. The third kappa shape index (κ3) is 3.01. The average Bonchev–Trinajstić information content (AvgIpc) is 2.36. The zero-order chi connectivity index (χ0) is 13.8. The summed E-state index contributed by atoms with van der Waals surface area (Å²) in [6.45, 7) is 8.26. The van der Waals surface area contributed by atoms with E-state index < -0.39 is 0 Å². The molecule has 19 heavy (non-hydrogen) atoms. The Hall–Kier alpha value is -1.26. The Kier molecular flexibility index (Phi) is 4.66. The maximum atomic E-state index is 5.55. The minimum atomic E-state index is 0.763. The molecule has 2 rings (SSSR count). The molecule has 4 heteroatoms. The molecule has 0 spiro atoms. The van der Waals surface area contributed by atoms with Crippen LogP contribution in [0.5, 0.6) is 11.5 Å². The zero-order valence-electron chi connectivity index (χ0n) is 12.3. The Balaban J connectivity index is 2.10. The highest BCUT2D eigenvalue weighted by Gasteiger charge is 2.17. The molecule has 1 fully saturated rings. The predicted molar refractivity (Wildman–Crippen MR) is 77.1 cm³/mol. The van der Waals surface area contributed by atoms with Gasteiger partial charge in [-0.15, -0.1) is 0 Å². The van der Waals surface area contributed by atoms with Gasteiger partial charge in [0.2, 0.25) is 0 Å². The van der Waals surface area contributed by atoms with Crippen molar-refractivity contribution >= 4 is 0 Å². The molecule has 1 aliphatic rings. The molecule has 1 aromatic carbocycles. The maximum Gasteiger partial charge on any atom is 0.126 e. The predicted octanol–water partition coefficient (Wildman–Crippen LogP) is 1.63. The van der Waals surface area contributed by atoms with Crippen LogP contribution in [0.4, 0.5) is 0 Å². The molecule has 1 saturated heterocycles. The van der Waals surface area contributed by atoms with E-state index in [-0.39, 0.29) is 0 Å². The molecule has 0 radical (unpaired) electrons. The molecule has 0 bridgehead atoms. The summed E-state index contributed by atoms with van der Waals surface area (Å²) in [5, 5.41) is 6.78. The highest BCUT2D eigenvalue weighted by molar-refractivity contribution is 5.52. The van der Waals surface area contributed by atoms with Gasteiger partial charge >= 0.3 is 0 Å². The number of methoxy groups -OCH3 is 2. The molecule has 0 aromatic heterocycles. The second kappa shape index (κ2) is 6.26. The average molecular weight is 264 g/mol. The molecule has 0 amide bonds. The third-order valence-corrected chi connectivity index (χ3v) is 3.91. The van der Waals surface area contributed by atoms with Gasteiger partial charge < -0.3 is 20.1 Å². The number of rotatable bonds is 6. The molecule has 0 saturated carbocycles. The summed E-state index contributed by atoms with van der Waals surface area (Å²) in [6, 6.07) is 2.08. The first kappa shape index (κ1) is 14.2. The van der Waals surface area contributed by atoms with Gasteiger partial charge in [-0.1, -0.05) is 0 Å². The van der Waals surface area contributed by atoms with Crippen molar-refractivity contribution in [2.24, 2.45) is 5.92 Å². The first-order chi connectivity index (χ1) is 9.17. The Labute approximate surface area is 115 Å². The monoisotopic (exact) mass is 264 g/mol. The summed E-state index contributed by atoms with van der Waals surface area (Å²) in [5.74, 6) is 2.66. The van der Waals surface area contributed by atoms with E-state index in [2.05, 4.69) is 30.5 Å². The number of benzene rings is 1. The van der Waals surface area contributed by atoms with E-state index in [1.165, 1.54) is 0 Å². The van der Waals surface area contributed by atoms with Crippen molar-refractivity contribution in [3.05, 3.63) is 22.8 Å². The second-order valence-electron chi connectivity index (χ2n) is 5.18. The summed E-state index contributed by atoms with van der Waals surface area (Å²) in [5.41, 5.74) is 3.46. The first-order valence-electron chi connectivity index (χ1n) is 6.79.